The first kappa shape index (κ1) is 11.2. The third-order valence-corrected chi connectivity index (χ3v) is 1.71. The number of carbonyl (C=O) groups is 2. The Hall–Kier alpha value is -1.88. The number of aromatic carboxylic acids is 1. The predicted molar refractivity (Wildman–Crippen MR) is 50.6 cm³/mol. The van der Waals surface area contributed by atoms with Crippen LogP contribution in [-0.4, -0.2) is 22.2 Å². The van der Waals surface area contributed by atoms with Crippen molar-refractivity contribution < 1.29 is 24.5 Å². The maximum absolute atomic E-state index is 10.8. The van der Waals surface area contributed by atoms with E-state index in [1.54, 1.807) is 0 Å². The molecule has 0 aliphatic heterocycles. The summed E-state index contributed by atoms with van der Waals surface area (Å²) in [4.78, 5) is 21.5. The molecule has 80 valence electrons. The first-order valence-electron chi connectivity index (χ1n) is 4.20. The standard InChI is InChI=1S/C10H10O5/c1-6(12)15-9-3-2-7(5-11)4-8(9)10(13)14/h2-4,11H,5H2,1H3,(H,13,14). The summed E-state index contributed by atoms with van der Waals surface area (Å²) < 4.78 is 4.70. The quantitative estimate of drug-likeness (QED) is 0.569. The number of carboxylic acid groups (broad SMARTS) is 1. The highest BCUT2D eigenvalue weighted by Gasteiger charge is 2.13. The van der Waals surface area contributed by atoms with E-state index in [0.717, 1.165) is 0 Å². The second-order valence-electron chi connectivity index (χ2n) is 2.89. The molecular weight excluding hydrogens is 200 g/mol. The van der Waals surface area contributed by atoms with E-state index >= 15 is 0 Å². The Morgan fingerprint density at radius 3 is 2.53 bits per heavy atom. The topological polar surface area (TPSA) is 83.8 Å². The molecule has 0 atom stereocenters. The van der Waals surface area contributed by atoms with Crippen LogP contribution in [0.25, 0.3) is 0 Å². The van der Waals surface area contributed by atoms with E-state index in [1.165, 1.54) is 25.1 Å². The first-order valence-corrected chi connectivity index (χ1v) is 4.20. The van der Waals surface area contributed by atoms with Crippen LogP contribution in [0, 0.1) is 0 Å². The molecule has 0 saturated heterocycles. The molecule has 2 N–H and O–H groups in total. The summed E-state index contributed by atoms with van der Waals surface area (Å²) in [5.41, 5.74) is 0.306. The highest BCUT2D eigenvalue weighted by atomic mass is 16.5. The van der Waals surface area contributed by atoms with Crippen molar-refractivity contribution in [3.05, 3.63) is 29.3 Å². The Kier molecular flexibility index (Phi) is 3.41. The fourth-order valence-electron chi connectivity index (χ4n) is 1.09. The van der Waals surface area contributed by atoms with Crippen LogP contribution in [0.5, 0.6) is 5.75 Å². The van der Waals surface area contributed by atoms with Gasteiger partial charge in [0, 0.05) is 6.92 Å². The summed E-state index contributed by atoms with van der Waals surface area (Å²) in [6.45, 7) is 0.923. The number of esters is 1. The third-order valence-electron chi connectivity index (χ3n) is 1.71. The van der Waals surface area contributed by atoms with Gasteiger partial charge in [0.25, 0.3) is 0 Å². The second-order valence-corrected chi connectivity index (χ2v) is 2.89. The molecule has 0 saturated carbocycles. The molecular formula is C10H10O5. The normalized spacial score (nSPS) is 9.73. The van der Waals surface area contributed by atoms with Crippen molar-refractivity contribution in [3.63, 3.8) is 0 Å². The summed E-state index contributed by atoms with van der Waals surface area (Å²) >= 11 is 0. The zero-order chi connectivity index (χ0) is 11.4. The molecule has 0 aliphatic carbocycles. The van der Waals surface area contributed by atoms with E-state index in [-0.39, 0.29) is 17.9 Å². The van der Waals surface area contributed by atoms with Gasteiger partial charge in [-0.05, 0) is 17.7 Å². The molecule has 5 nitrogen and oxygen atoms in total. The summed E-state index contributed by atoms with van der Waals surface area (Å²) in [6.07, 6.45) is 0. The highest BCUT2D eigenvalue weighted by molar-refractivity contribution is 5.92. The molecule has 15 heavy (non-hydrogen) atoms. The zero-order valence-corrected chi connectivity index (χ0v) is 8.06. The van der Waals surface area contributed by atoms with Crippen molar-refractivity contribution in [1.29, 1.82) is 0 Å². The fourth-order valence-corrected chi connectivity index (χ4v) is 1.09. The van der Waals surface area contributed by atoms with Crippen LogP contribution in [0.1, 0.15) is 22.8 Å². The molecule has 0 bridgehead atoms. The molecule has 0 aliphatic rings. The summed E-state index contributed by atoms with van der Waals surface area (Å²) in [7, 11) is 0. The molecule has 0 radical (unpaired) electrons. The largest absolute Gasteiger partial charge is 0.478 e. The number of hydrogen-bond acceptors (Lipinski definition) is 4. The second kappa shape index (κ2) is 4.56. The van der Waals surface area contributed by atoms with Gasteiger partial charge in [-0.15, -0.1) is 0 Å². The summed E-state index contributed by atoms with van der Waals surface area (Å²) in [5.74, 6) is -1.82. The molecule has 0 aromatic heterocycles. The van der Waals surface area contributed by atoms with Gasteiger partial charge >= 0.3 is 11.9 Å². The van der Waals surface area contributed by atoms with Crippen molar-refractivity contribution in [2.45, 2.75) is 13.5 Å². The Morgan fingerprint density at radius 2 is 2.07 bits per heavy atom. The van der Waals surface area contributed by atoms with Gasteiger partial charge in [-0.2, -0.15) is 0 Å². The molecule has 1 aromatic carbocycles. The van der Waals surface area contributed by atoms with Crippen molar-refractivity contribution in [2.24, 2.45) is 0 Å². The Morgan fingerprint density at radius 1 is 1.40 bits per heavy atom. The SMILES string of the molecule is CC(=O)Oc1ccc(CO)cc1C(=O)O. The van der Waals surface area contributed by atoms with Gasteiger partial charge in [-0.3, -0.25) is 4.79 Å². The number of carboxylic acids is 1. The van der Waals surface area contributed by atoms with Gasteiger partial charge in [-0.1, -0.05) is 6.07 Å². The maximum Gasteiger partial charge on any atom is 0.339 e. The number of aliphatic hydroxyl groups excluding tert-OH is 1. The molecule has 1 rings (SSSR count). The van der Waals surface area contributed by atoms with Crippen LogP contribution in [0.15, 0.2) is 18.2 Å². The van der Waals surface area contributed by atoms with Crippen molar-refractivity contribution in [3.8, 4) is 5.75 Å². The van der Waals surface area contributed by atoms with E-state index in [4.69, 9.17) is 14.9 Å². The fraction of sp³-hybridized carbons (Fsp3) is 0.200. The molecule has 5 heteroatoms. The molecule has 0 amide bonds. The minimum absolute atomic E-state index is 0.0211. The van der Waals surface area contributed by atoms with Crippen LogP contribution in [0.4, 0.5) is 0 Å². The number of carbonyl (C=O) groups excluding carboxylic acids is 1. The van der Waals surface area contributed by atoms with E-state index < -0.39 is 11.9 Å². The Balaban J connectivity index is 3.15. The van der Waals surface area contributed by atoms with E-state index in [2.05, 4.69) is 0 Å². The highest BCUT2D eigenvalue weighted by Crippen LogP contribution is 2.20. The predicted octanol–water partition coefficient (Wildman–Crippen LogP) is 0.802. The van der Waals surface area contributed by atoms with Gasteiger partial charge < -0.3 is 14.9 Å². The van der Waals surface area contributed by atoms with E-state index in [9.17, 15) is 9.59 Å². The Labute approximate surface area is 85.9 Å². The van der Waals surface area contributed by atoms with Crippen molar-refractivity contribution >= 4 is 11.9 Å². The van der Waals surface area contributed by atoms with Crippen LogP contribution in [0.3, 0.4) is 0 Å². The van der Waals surface area contributed by atoms with E-state index in [0.29, 0.717) is 5.56 Å². The van der Waals surface area contributed by atoms with Gasteiger partial charge in [0.2, 0.25) is 0 Å². The van der Waals surface area contributed by atoms with Gasteiger partial charge in [0.05, 0.1) is 6.61 Å². The minimum Gasteiger partial charge on any atom is -0.478 e. The van der Waals surface area contributed by atoms with Crippen LogP contribution in [0.2, 0.25) is 0 Å². The van der Waals surface area contributed by atoms with Crippen LogP contribution in [-0.2, 0) is 11.4 Å². The third kappa shape index (κ3) is 2.78. The number of ether oxygens (including phenoxy) is 1. The van der Waals surface area contributed by atoms with Gasteiger partial charge in [0.1, 0.15) is 11.3 Å². The lowest BCUT2D eigenvalue weighted by Gasteiger charge is -2.06. The lowest BCUT2D eigenvalue weighted by Crippen LogP contribution is -2.07. The Bertz CT molecular complexity index is 397. The number of rotatable bonds is 3. The molecule has 0 spiro atoms. The van der Waals surface area contributed by atoms with Crippen molar-refractivity contribution in [1.82, 2.24) is 0 Å². The molecule has 1 aromatic rings. The summed E-state index contributed by atoms with van der Waals surface area (Å²) in [5, 5.41) is 17.6. The minimum atomic E-state index is -1.21. The average Bonchev–Trinajstić information content (AvgIpc) is 2.17. The lowest BCUT2D eigenvalue weighted by atomic mass is 10.1. The monoisotopic (exact) mass is 210 g/mol. The first-order chi connectivity index (χ1) is 7.04. The van der Waals surface area contributed by atoms with Gasteiger partial charge in [0.15, 0.2) is 0 Å². The number of aliphatic hydroxyl groups is 1. The lowest BCUT2D eigenvalue weighted by molar-refractivity contribution is -0.131. The molecule has 0 unspecified atom stereocenters. The zero-order valence-electron chi connectivity index (χ0n) is 8.06. The van der Waals surface area contributed by atoms with E-state index in [1.807, 2.05) is 0 Å². The van der Waals surface area contributed by atoms with Crippen molar-refractivity contribution in [2.75, 3.05) is 0 Å². The maximum atomic E-state index is 10.8. The average molecular weight is 210 g/mol. The van der Waals surface area contributed by atoms with Crippen LogP contribution >= 0.6 is 0 Å². The summed E-state index contributed by atoms with van der Waals surface area (Å²) in [6, 6.07) is 4.10. The number of hydrogen-bond donors (Lipinski definition) is 2. The molecule has 0 fully saturated rings. The smallest absolute Gasteiger partial charge is 0.339 e. The van der Waals surface area contributed by atoms with Crippen LogP contribution < -0.4 is 4.74 Å². The number of benzene rings is 1. The molecule has 0 heterocycles. The van der Waals surface area contributed by atoms with Gasteiger partial charge in [-0.25, -0.2) is 4.79 Å².